The molecule has 18 heavy (non-hydrogen) atoms. The molecule has 1 saturated heterocycles. The second kappa shape index (κ2) is 6.53. The largest absolute Gasteiger partial charge is 0.368 e. The highest BCUT2D eigenvalue weighted by Gasteiger charge is 2.26. The van der Waals surface area contributed by atoms with Crippen LogP contribution in [0.3, 0.4) is 0 Å². The molecule has 0 radical (unpaired) electrons. The van der Waals surface area contributed by atoms with E-state index in [1.807, 2.05) is 0 Å². The fraction of sp³-hybridized carbons (Fsp3) is 0.929. The predicted octanol–water partition coefficient (Wildman–Crippen LogP) is 1.34. The number of piperidine rings is 1. The first-order chi connectivity index (χ1) is 8.33. The van der Waals surface area contributed by atoms with E-state index in [4.69, 9.17) is 11.5 Å². The first-order valence-corrected chi connectivity index (χ1v) is 7.14. The molecule has 0 saturated carbocycles. The molecule has 4 N–H and O–H groups in total. The Hall–Kier alpha value is -0.610. The van der Waals surface area contributed by atoms with Crippen molar-refractivity contribution in [2.75, 3.05) is 19.6 Å². The first kappa shape index (κ1) is 15.4. The van der Waals surface area contributed by atoms with Crippen molar-refractivity contribution >= 4 is 5.91 Å². The number of nitrogens with two attached hydrogens (primary N) is 2. The maximum absolute atomic E-state index is 11.1. The summed E-state index contributed by atoms with van der Waals surface area (Å²) >= 11 is 0. The standard InChI is InChI=1S/C14H29N3O/c1-11(2)12-5-9-17(10-6-12)8-4-7-14(3,16)13(15)18/h11-12H,4-10,16H2,1-3H3,(H2,15,18). The van der Waals surface area contributed by atoms with E-state index in [0.29, 0.717) is 6.42 Å². The Balaban J connectivity index is 2.21. The summed E-state index contributed by atoms with van der Waals surface area (Å²) in [5.41, 5.74) is 10.3. The molecule has 4 heteroatoms. The Morgan fingerprint density at radius 3 is 2.39 bits per heavy atom. The number of amides is 1. The number of carbonyl (C=O) groups excluding carboxylic acids is 1. The molecule has 106 valence electrons. The van der Waals surface area contributed by atoms with Gasteiger partial charge in [-0.05, 0) is 64.1 Å². The van der Waals surface area contributed by atoms with E-state index in [1.54, 1.807) is 6.92 Å². The number of hydrogen-bond donors (Lipinski definition) is 2. The van der Waals surface area contributed by atoms with Crippen molar-refractivity contribution < 1.29 is 4.79 Å². The summed E-state index contributed by atoms with van der Waals surface area (Å²) in [6.07, 6.45) is 4.22. The molecule has 0 aromatic rings. The van der Waals surface area contributed by atoms with Crippen LogP contribution in [0.25, 0.3) is 0 Å². The van der Waals surface area contributed by atoms with Crippen molar-refractivity contribution in [1.82, 2.24) is 4.90 Å². The van der Waals surface area contributed by atoms with Gasteiger partial charge in [0.25, 0.3) is 0 Å². The van der Waals surface area contributed by atoms with Crippen molar-refractivity contribution in [3.8, 4) is 0 Å². The molecule has 4 nitrogen and oxygen atoms in total. The van der Waals surface area contributed by atoms with Gasteiger partial charge in [-0.1, -0.05) is 13.8 Å². The molecule has 0 aliphatic carbocycles. The number of rotatable bonds is 6. The molecule has 1 amide bonds. The van der Waals surface area contributed by atoms with E-state index in [0.717, 1.165) is 24.8 Å². The Morgan fingerprint density at radius 2 is 1.94 bits per heavy atom. The molecule has 1 aliphatic rings. The second-order valence-electron chi connectivity index (χ2n) is 6.31. The lowest BCUT2D eigenvalue weighted by atomic mass is 9.86. The number of carbonyl (C=O) groups is 1. The zero-order valence-corrected chi connectivity index (χ0v) is 12.1. The lowest BCUT2D eigenvalue weighted by Gasteiger charge is -2.34. The van der Waals surface area contributed by atoms with Crippen molar-refractivity contribution in [3.05, 3.63) is 0 Å². The molecular weight excluding hydrogens is 226 g/mol. The number of likely N-dealkylation sites (tertiary alicyclic amines) is 1. The van der Waals surface area contributed by atoms with Crippen molar-refractivity contribution in [1.29, 1.82) is 0 Å². The van der Waals surface area contributed by atoms with Crippen molar-refractivity contribution in [3.63, 3.8) is 0 Å². The monoisotopic (exact) mass is 255 g/mol. The molecular formula is C14H29N3O. The van der Waals surface area contributed by atoms with Crippen LogP contribution < -0.4 is 11.5 Å². The van der Waals surface area contributed by atoms with Gasteiger partial charge in [0.1, 0.15) is 0 Å². The van der Waals surface area contributed by atoms with Crippen LogP contribution >= 0.6 is 0 Å². The molecule has 0 aromatic carbocycles. The Kier molecular flexibility index (Phi) is 5.60. The van der Waals surface area contributed by atoms with Gasteiger partial charge in [0.05, 0.1) is 5.54 Å². The number of primary amides is 1. The average Bonchev–Trinajstić information content (AvgIpc) is 2.29. The summed E-state index contributed by atoms with van der Waals surface area (Å²) in [7, 11) is 0. The zero-order valence-electron chi connectivity index (χ0n) is 12.1. The van der Waals surface area contributed by atoms with Crippen molar-refractivity contribution in [2.24, 2.45) is 23.3 Å². The van der Waals surface area contributed by atoms with Crippen LogP contribution in [0.2, 0.25) is 0 Å². The average molecular weight is 255 g/mol. The number of hydrogen-bond acceptors (Lipinski definition) is 3. The molecule has 1 fully saturated rings. The summed E-state index contributed by atoms with van der Waals surface area (Å²) in [5, 5.41) is 0. The summed E-state index contributed by atoms with van der Waals surface area (Å²) in [4.78, 5) is 13.6. The van der Waals surface area contributed by atoms with Crippen LogP contribution in [0.5, 0.6) is 0 Å². The highest BCUT2D eigenvalue weighted by atomic mass is 16.1. The maximum atomic E-state index is 11.1. The van der Waals surface area contributed by atoms with E-state index in [1.165, 1.54) is 25.9 Å². The third-order valence-corrected chi connectivity index (χ3v) is 4.31. The molecule has 0 spiro atoms. The van der Waals surface area contributed by atoms with Crippen LogP contribution in [0.15, 0.2) is 0 Å². The minimum Gasteiger partial charge on any atom is -0.368 e. The van der Waals surface area contributed by atoms with Gasteiger partial charge < -0.3 is 16.4 Å². The van der Waals surface area contributed by atoms with Crippen LogP contribution in [-0.4, -0.2) is 36.0 Å². The first-order valence-electron chi connectivity index (χ1n) is 7.14. The summed E-state index contributed by atoms with van der Waals surface area (Å²) in [5.74, 6) is 1.28. The summed E-state index contributed by atoms with van der Waals surface area (Å²) in [6, 6.07) is 0. The van der Waals surface area contributed by atoms with Gasteiger partial charge in [-0.15, -0.1) is 0 Å². The minimum atomic E-state index is -0.851. The van der Waals surface area contributed by atoms with Gasteiger partial charge in [0.2, 0.25) is 5.91 Å². The van der Waals surface area contributed by atoms with E-state index < -0.39 is 11.4 Å². The molecule has 1 atom stereocenters. The van der Waals surface area contributed by atoms with E-state index in [2.05, 4.69) is 18.7 Å². The third-order valence-electron chi connectivity index (χ3n) is 4.31. The van der Waals surface area contributed by atoms with E-state index in [-0.39, 0.29) is 0 Å². The predicted molar refractivity (Wildman–Crippen MR) is 75.0 cm³/mol. The molecule has 1 rings (SSSR count). The fourth-order valence-corrected chi connectivity index (χ4v) is 2.64. The van der Waals surface area contributed by atoms with Crippen LogP contribution in [0, 0.1) is 11.8 Å². The quantitative estimate of drug-likeness (QED) is 0.752. The van der Waals surface area contributed by atoms with Gasteiger partial charge in [-0.25, -0.2) is 0 Å². The Bertz CT molecular complexity index is 268. The Morgan fingerprint density at radius 1 is 1.39 bits per heavy atom. The Labute approximate surface area is 111 Å². The minimum absolute atomic E-state index is 0.402. The van der Waals surface area contributed by atoms with Gasteiger partial charge in [-0.2, -0.15) is 0 Å². The van der Waals surface area contributed by atoms with Gasteiger partial charge in [0.15, 0.2) is 0 Å². The molecule has 1 aliphatic heterocycles. The molecule has 0 bridgehead atoms. The maximum Gasteiger partial charge on any atom is 0.237 e. The zero-order chi connectivity index (χ0) is 13.8. The highest BCUT2D eigenvalue weighted by molar-refractivity contribution is 5.83. The third kappa shape index (κ3) is 4.58. The van der Waals surface area contributed by atoms with Crippen LogP contribution in [0.4, 0.5) is 0 Å². The molecule has 1 heterocycles. The van der Waals surface area contributed by atoms with Crippen molar-refractivity contribution in [2.45, 2.75) is 52.0 Å². The number of nitrogens with zero attached hydrogens (tertiary/aromatic N) is 1. The second-order valence-corrected chi connectivity index (χ2v) is 6.31. The highest BCUT2D eigenvalue weighted by Crippen LogP contribution is 2.24. The van der Waals surface area contributed by atoms with Gasteiger partial charge in [0, 0.05) is 0 Å². The lowest BCUT2D eigenvalue weighted by molar-refractivity contribution is -0.122. The van der Waals surface area contributed by atoms with Crippen LogP contribution in [0.1, 0.15) is 46.5 Å². The van der Waals surface area contributed by atoms with Crippen LogP contribution in [-0.2, 0) is 4.79 Å². The smallest absolute Gasteiger partial charge is 0.237 e. The van der Waals surface area contributed by atoms with E-state index >= 15 is 0 Å². The SMILES string of the molecule is CC(C)C1CCN(CCCC(C)(N)C(N)=O)CC1. The summed E-state index contributed by atoms with van der Waals surface area (Å²) < 4.78 is 0. The van der Waals surface area contributed by atoms with Gasteiger partial charge in [-0.3, -0.25) is 4.79 Å². The topological polar surface area (TPSA) is 72.3 Å². The van der Waals surface area contributed by atoms with Gasteiger partial charge >= 0.3 is 0 Å². The lowest BCUT2D eigenvalue weighted by Crippen LogP contribution is -2.49. The van der Waals surface area contributed by atoms with E-state index in [9.17, 15) is 4.79 Å². The molecule has 0 aromatic heterocycles. The normalized spacial score (nSPS) is 22.1. The summed E-state index contributed by atoms with van der Waals surface area (Å²) in [6.45, 7) is 9.74. The molecule has 1 unspecified atom stereocenters. The fourth-order valence-electron chi connectivity index (χ4n) is 2.64.